The van der Waals surface area contributed by atoms with Gasteiger partial charge in [-0.15, -0.1) is 0 Å². The summed E-state index contributed by atoms with van der Waals surface area (Å²) in [6, 6.07) is 8.84. The topological polar surface area (TPSA) is 34.1 Å². The molecule has 0 fully saturated rings. The van der Waals surface area contributed by atoms with Crippen molar-refractivity contribution in [1.82, 2.24) is 0 Å². The van der Waals surface area contributed by atoms with Crippen molar-refractivity contribution in [3.63, 3.8) is 0 Å². The molecule has 0 aliphatic heterocycles. The van der Waals surface area contributed by atoms with Gasteiger partial charge in [-0.25, -0.2) is 0 Å². The number of hydrogen-bond donors (Lipinski definition) is 0. The van der Waals surface area contributed by atoms with E-state index in [1.807, 2.05) is 6.07 Å². The third-order valence-electron chi connectivity index (χ3n) is 1.51. The summed E-state index contributed by atoms with van der Waals surface area (Å²) in [5.41, 5.74) is 0.604. The molecule has 0 bridgehead atoms. The Kier molecular flexibility index (Phi) is 5.28. The van der Waals surface area contributed by atoms with Gasteiger partial charge in [0.25, 0.3) is 0 Å². The summed E-state index contributed by atoms with van der Waals surface area (Å²) in [7, 11) is 0. The first kappa shape index (κ1) is 12.1. The van der Waals surface area contributed by atoms with Crippen LogP contribution in [0, 0.1) is 0 Å². The van der Waals surface area contributed by atoms with Crippen LogP contribution in [0.3, 0.4) is 0 Å². The number of carbonyl (C=O) groups excluding carboxylic acids is 2. The fourth-order valence-corrected chi connectivity index (χ4v) is 0.952. The Bertz CT molecular complexity index is 293. The van der Waals surface area contributed by atoms with Crippen LogP contribution in [-0.2, 0) is 21.9 Å². The van der Waals surface area contributed by atoms with E-state index in [-0.39, 0.29) is 35.1 Å². The molecule has 0 heterocycles. The normalized spacial score (nSPS) is 8.69. The Hall–Kier alpha value is -0.921. The van der Waals surface area contributed by atoms with Crippen molar-refractivity contribution in [2.75, 3.05) is 0 Å². The molecule has 0 saturated heterocycles. The molecule has 1 aromatic rings. The van der Waals surface area contributed by atoms with Crippen LogP contribution in [0.1, 0.15) is 23.7 Å². The molecule has 13 heavy (non-hydrogen) atoms. The second-order valence-corrected chi connectivity index (χ2v) is 2.67. The second-order valence-electron chi connectivity index (χ2n) is 2.67. The molecular weight excluding hydrogens is 208 g/mol. The fourth-order valence-electron chi connectivity index (χ4n) is 0.952. The predicted octanol–water partition coefficient (Wildman–Crippen LogP) is 1.85. The van der Waals surface area contributed by atoms with Crippen molar-refractivity contribution in [1.29, 1.82) is 0 Å². The van der Waals surface area contributed by atoms with Crippen molar-refractivity contribution in [3.05, 3.63) is 35.9 Å². The van der Waals surface area contributed by atoms with Crippen molar-refractivity contribution < 1.29 is 26.7 Å². The van der Waals surface area contributed by atoms with E-state index in [2.05, 4.69) is 0 Å². The molecule has 0 aromatic heterocycles. The Labute approximate surface area is 87.8 Å². The van der Waals surface area contributed by atoms with E-state index in [1.165, 1.54) is 6.92 Å². The minimum Gasteiger partial charge on any atom is -0.300 e. The van der Waals surface area contributed by atoms with E-state index >= 15 is 0 Å². The van der Waals surface area contributed by atoms with Crippen LogP contribution in [-0.4, -0.2) is 11.6 Å². The molecule has 1 rings (SSSR count). The van der Waals surface area contributed by atoms with Crippen molar-refractivity contribution in [2.45, 2.75) is 13.3 Å². The van der Waals surface area contributed by atoms with Crippen molar-refractivity contribution in [2.24, 2.45) is 0 Å². The first-order chi connectivity index (χ1) is 5.70. The molecule has 1 aromatic carbocycles. The zero-order chi connectivity index (χ0) is 8.97. The van der Waals surface area contributed by atoms with Gasteiger partial charge in [-0.3, -0.25) is 9.59 Å². The molecule has 0 amide bonds. The number of ketones is 2. The van der Waals surface area contributed by atoms with Crippen LogP contribution in [0.25, 0.3) is 0 Å². The average Bonchev–Trinajstić information content (AvgIpc) is 2.05. The summed E-state index contributed by atoms with van der Waals surface area (Å²) >= 11 is 0. The third-order valence-corrected chi connectivity index (χ3v) is 1.51. The Morgan fingerprint density at radius 1 is 1.15 bits per heavy atom. The molecule has 70 valence electrons. The molecule has 2 nitrogen and oxygen atoms in total. The maximum Gasteiger partial charge on any atom is 0.170 e. The minimum absolute atomic E-state index is 0. The fraction of sp³-hybridized carbons (Fsp3) is 0.200. The number of hydrogen-bond acceptors (Lipinski definition) is 2. The summed E-state index contributed by atoms with van der Waals surface area (Å²) in [6.07, 6.45) is 0.00398. The number of Topliss-reactive ketones (excluding diaryl/α,β-unsaturated/α-hetero) is 2. The Morgan fingerprint density at radius 3 is 2.15 bits per heavy atom. The molecule has 0 N–H and O–H groups in total. The summed E-state index contributed by atoms with van der Waals surface area (Å²) in [4.78, 5) is 21.8. The maximum absolute atomic E-state index is 11.2. The zero-order valence-electron chi connectivity index (χ0n) is 7.26. The standard InChI is InChI=1S/C10H10O2.Fe/c1-8(11)7-10(12)9-5-3-2-4-6-9;/h2-6H,7H2,1H3;. The quantitative estimate of drug-likeness (QED) is 0.440. The van der Waals surface area contributed by atoms with Crippen LogP contribution in [0.4, 0.5) is 0 Å². The Morgan fingerprint density at radius 2 is 1.69 bits per heavy atom. The number of carbonyl (C=O) groups is 2. The van der Waals surface area contributed by atoms with Crippen LogP contribution in [0.2, 0.25) is 0 Å². The molecule has 3 heteroatoms. The van der Waals surface area contributed by atoms with E-state index in [0.29, 0.717) is 5.56 Å². The smallest absolute Gasteiger partial charge is 0.170 e. The van der Waals surface area contributed by atoms with Crippen molar-refractivity contribution >= 4 is 11.6 Å². The molecular formula is C10H10FeO2. The number of rotatable bonds is 3. The van der Waals surface area contributed by atoms with Gasteiger partial charge in [0.15, 0.2) is 5.78 Å². The molecule has 0 saturated carbocycles. The molecule has 0 aliphatic carbocycles. The van der Waals surface area contributed by atoms with E-state index in [9.17, 15) is 9.59 Å². The first-order valence-electron chi connectivity index (χ1n) is 3.78. The van der Waals surface area contributed by atoms with Gasteiger partial charge in [0.05, 0.1) is 6.42 Å². The van der Waals surface area contributed by atoms with Crippen LogP contribution in [0.15, 0.2) is 30.3 Å². The molecule has 0 radical (unpaired) electrons. The zero-order valence-corrected chi connectivity index (χ0v) is 8.37. The maximum atomic E-state index is 11.2. The van der Waals surface area contributed by atoms with Crippen molar-refractivity contribution in [3.8, 4) is 0 Å². The van der Waals surface area contributed by atoms with Gasteiger partial charge in [0, 0.05) is 22.6 Å². The summed E-state index contributed by atoms with van der Waals surface area (Å²) in [5.74, 6) is -0.202. The van der Waals surface area contributed by atoms with E-state index in [0.717, 1.165) is 0 Å². The predicted molar refractivity (Wildman–Crippen MR) is 46.1 cm³/mol. The van der Waals surface area contributed by atoms with E-state index in [1.54, 1.807) is 24.3 Å². The monoisotopic (exact) mass is 218 g/mol. The van der Waals surface area contributed by atoms with Crippen LogP contribution in [0.5, 0.6) is 0 Å². The molecule has 0 aliphatic rings. The van der Waals surface area contributed by atoms with E-state index in [4.69, 9.17) is 0 Å². The van der Waals surface area contributed by atoms with Gasteiger partial charge in [-0.2, -0.15) is 0 Å². The summed E-state index contributed by atoms with van der Waals surface area (Å²) < 4.78 is 0. The molecule has 0 unspecified atom stereocenters. The van der Waals surface area contributed by atoms with Crippen LogP contribution < -0.4 is 0 Å². The summed E-state index contributed by atoms with van der Waals surface area (Å²) in [5, 5.41) is 0. The van der Waals surface area contributed by atoms with Gasteiger partial charge >= 0.3 is 0 Å². The Balaban J connectivity index is 0.00000144. The third kappa shape index (κ3) is 4.02. The van der Waals surface area contributed by atoms with Gasteiger partial charge in [0.1, 0.15) is 5.78 Å². The summed E-state index contributed by atoms with van der Waals surface area (Å²) in [6.45, 7) is 1.42. The number of benzene rings is 1. The minimum atomic E-state index is -0.108. The van der Waals surface area contributed by atoms with Gasteiger partial charge in [0.2, 0.25) is 0 Å². The van der Waals surface area contributed by atoms with Crippen LogP contribution >= 0.6 is 0 Å². The average molecular weight is 218 g/mol. The first-order valence-corrected chi connectivity index (χ1v) is 3.78. The largest absolute Gasteiger partial charge is 0.300 e. The second kappa shape index (κ2) is 5.68. The van der Waals surface area contributed by atoms with E-state index < -0.39 is 0 Å². The molecule has 0 atom stereocenters. The van der Waals surface area contributed by atoms with Gasteiger partial charge in [-0.05, 0) is 6.92 Å². The molecule has 0 spiro atoms. The van der Waals surface area contributed by atoms with Gasteiger partial charge < -0.3 is 0 Å². The van der Waals surface area contributed by atoms with Gasteiger partial charge in [-0.1, -0.05) is 30.3 Å². The SMILES string of the molecule is CC(=O)CC(=O)c1ccccc1.[Fe].